The maximum absolute atomic E-state index is 10.9. The molecule has 1 aromatic rings. The molecule has 0 bridgehead atoms. The number of aromatic nitrogens is 2. The Morgan fingerprint density at radius 1 is 1.26 bits per heavy atom. The number of carbonyl (C=O) groups is 1. The van der Waals surface area contributed by atoms with Crippen molar-refractivity contribution in [2.45, 2.75) is 39.8 Å². The number of amides is 1. The number of anilines is 1. The van der Waals surface area contributed by atoms with Crippen LogP contribution in [0.2, 0.25) is 0 Å². The second-order valence-electron chi connectivity index (χ2n) is 5.02. The average molecular weight is 265 g/mol. The Morgan fingerprint density at radius 2 is 1.89 bits per heavy atom. The van der Waals surface area contributed by atoms with Crippen LogP contribution in [0.3, 0.4) is 0 Å². The molecule has 1 rings (SSSR count). The van der Waals surface area contributed by atoms with Crippen molar-refractivity contribution < 1.29 is 4.79 Å². The lowest BCUT2D eigenvalue weighted by Gasteiger charge is -2.30. The number of nitrogens with one attached hydrogen (secondary N) is 1. The maximum Gasteiger partial charge on any atom is 0.269 e. The molecule has 0 aliphatic heterocycles. The lowest BCUT2D eigenvalue weighted by Crippen LogP contribution is -2.40. The van der Waals surface area contributed by atoms with Crippen LogP contribution in [0.4, 0.5) is 5.82 Å². The zero-order chi connectivity index (χ0) is 14.4. The number of nitrogens with two attached hydrogens (primary N) is 1. The Bertz CT molecular complexity index is 394. The summed E-state index contributed by atoms with van der Waals surface area (Å²) in [5, 5.41) is 10.8. The summed E-state index contributed by atoms with van der Waals surface area (Å²) in [6.45, 7) is 10.4. The van der Waals surface area contributed by atoms with Gasteiger partial charge in [0.05, 0.1) is 0 Å². The van der Waals surface area contributed by atoms with E-state index in [1.165, 1.54) is 0 Å². The van der Waals surface area contributed by atoms with Crippen LogP contribution >= 0.6 is 0 Å². The minimum atomic E-state index is -0.565. The minimum Gasteiger partial charge on any atom is -0.367 e. The Morgan fingerprint density at radius 3 is 2.32 bits per heavy atom. The number of carbonyl (C=O) groups excluding carboxylic acids is 1. The van der Waals surface area contributed by atoms with Gasteiger partial charge >= 0.3 is 0 Å². The molecule has 3 N–H and O–H groups in total. The van der Waals surface area contributed by atoms with E-state index in [9.17, 15) is 4.79 Å². The lowest BCUT2D eigenvalue weighted by atomic mass is 10.2. The third-order valence-corrected chi connectivity index (χ3v) is 2.92. The van der Waals surface area contributed by atoms with Crippen molar-refractivity contribution in [1.82, 2.24) is 15.1 Å². The normalized spacial score (nSPS) is 11.3. The Hall–Kier alpha value is -1.69. The molecule has 1 amide bonds. The van der Waals surface area contributed by atoms with Crippen LogP contribution in [0.15, 0.2) is 12.1 Å². The lowest BCUT2D eigenvalue weighted by molar-refractivity contribution is 0.0994. The molecule has 19 heavy (non-hydrogen) atoms. The quantitative estimate of drug-likeness (QED) is 0.771. The molecule has 0 saturated carbocycles. The standard InChI is InChI=1S/C13H23N5O/c1-9(2)18(10(3)4)8-7-15-12-6-5-11(13(14)19)16-17-12/h5-6,9-10H,7-8H2,1-4H3,(H2,14,19)(H,15,17). The van der Waals surface area contributed by atoms with Crippen molar-refractivity contribution in [3.8, 4) is 0 Å². The molecule has 0 aliphatic rings. The van der Waals surface area contributed by atoms with E-state index >= 15 is 0 Å². The molecule has 0 saturated heterocycles. The fourth-order valence-corrected chi connectivity index (χ4v) is 1.98. The molecular formula is C13H23N5O. The smallest absolute Gasteiger partial charge is 0.269 e. The summed E-state index contributed by atoms with van der Waals surface area (Å²) in [4.78, 5) is 13.2. The molecule has 0 aliphatic carbocycles. The molecule has 0 radical (unpaired) electrons. The van der Waals surface area contributed by atoms with Gasteiger partial charge in [0, 0.05) is 25.2 Å². The zero-order valence-electron chi connectivity index (χ0n) is 12.1. The van der Waals surface area contributed by atoms with Crippen LogP contribution in [-0.4, -0.2) is 46.2 Å². The summed E-state index contributed by atoms with van der Waals surface area (Å²) in [7, 11) is 0. The minimum absolute atomic E-state index is 0.177. The van der Waals surface area contributed by atoms with Gasteiger partial charge in [-0.25, -0.2) is 0 Å². The summed E-state index contributed by atoms with van der Waals surface area (Å²) in [5.74, 6) is 0.0855. The van der Waals surface area contributed by atoms with Gasteiger partial charge in [0.25, 0.3) is 5.91 Å². The topological polar surface area (TPSA) is 84.1 Å². The second-order valence-corrected chi connectivity index (χ2v) is 5.02. The van der Waals surface area contributed by atoms with Gasteiger partial charge in [-0.3, -0.25) is 9.69 Å². The first kappa shape index (κ1) is 15.4. The number of rotatable bonds is 7. The van der Waals surface area contributed by atoms with Crippen molar-refractivity contribution >= 4 is 11.7 Å². The number of hydrogen-bond donors (Lipinski definition) is 2. The van der Waals surface area contributed by atoms with Crippen LogP contribution < -0.4 is 11.1 Å². The van der Waals surface area contributed by atoms with E-state index in [1.807, 2.05) is 0 Å². The van der Waals surface area contributed by atoms with E-state index < -0.39 is 5.91 Å². The molecule has 6 heteroatoms. The van der Waals surface area contributed by atoms with E-state index in [0.29, 0.717) is 17.9 Å². The van der Waals surface area contributed by atoms with Crippen molar-refractivity contribution in [3.05, 3.63) is 17.8 Å². The van der Waals surface area contributed by atoms with Gasteiger partial charge in [-0.05, 0) is 39.8 Å². The Balaban J connectivity index is 2.46. The first-order valence-corrected chi connectivity index (χ1v) is 6.55. The fourth-order valence-electron chi connectivity index (χ4n) is 1.98. The van der Waals surface area contributed by atoms with E-state index in [-0.39, 0.29) is 5.69 Å². The summed E-state index contributed by atoms with van der Waals surface area (Å²) >= 11 is 0. The van der Waals surface area contributed by atoms with E-state index in [2.05, 4.69) is 48.1 Å². The fraction of sp³-hybridized carbons (Fsp3) is 0.615. The van der Waals surface area contributed by atoms with Gasteiger partial charge < -0.3 is 11.1 Å². The highest BCUT2D eigenvalue weighted by atomic mass is 16.1. The van der Waals surface area contributed by atoms with Crippen molar-refractivity contribution in [3.63, 3.8) is 0 Å². The highest BCUT2D eigenvalue weighted by Crippen LogP contribution is 2.05. The van der Waals surface area contributed by atoms with Gasteiger partial charge in [-0.1, -0.05) is 0 Å². The largest absolute Gasteiger partial charge is 0.367 e. The predicted octanol–water partition coefficient (Wildman–Crippen LogP) is 1.11. The van der Waals surface area contributed by atoms with E-state index in [1.54, 1.807) is 12.1 Å². The van der Waals surface area contributed by atoms with Crippen LogP contribution in [0, 0.1) is 0 Å². The third-order valence-electron chi connectivity index (χ3n) is 2.92. The van der Waals surface area contributed by atoms with Crippen LogP contribution in [-0.2, 0) is 0 Å². The Kier molecular flexibility index (Phi) is 5.69. The number of primary amides is 1. The molecule has 6 nitrogen and oxygen atoms in total. The molecule has 0 fully saturated rings. The average Bonchev–Trinajstić information content (AvgIpc) is 2.34. The van der Waals surface area contributed by atoms with Crippen molar-refractivity contribution in [2.75, 3.05) is 18.4 Å². The first-order valence-electron chi connectivity index (χ1n) is 6.55. The molecular weight excluding hydrogens is 242 g/mol. The van der Waals surface area contributed by atoms with Gasteiger partial charge in [0.2, 0.25) is 0 Å². The molecule has 1 aromatic heterocycles. The zero-order valence-corrected chi connectivity index (χ0v) is 12.1. The van der Waals surface area contributed by atoms with Crippen LogP contribution in [0.5, 0.6) is 0 Å². The molecule has 1 heterocycles. The second kappa shape index (κ2) is 7.04. The van der Waals surface area contributed by atoms with Crippen molar-refractivity contribution in [1.29, 1.82) is 0 Å². The maximum atomic E-state index is 10.9. The number of hydrogen-bond acceptors (Lipinski definition) is 5. The number of nitrogens with zero attached hydrogens (tertiary/aromatic N) is 3. The van der Waals surface area contributed by atoms with Crippen molar-refractivity contribution in [2.24, 2.45) is 5.73 Å². The van der Waals surface area contributed by atoms with E-state index in [0.717, 1.165) is 13.1 Å². The summed E-state index contributed by atoms with van der Waals surface area (Å²) in [5.41, 5.74) is 5.28. The van der Waals surface area contributed by atoms with E-state index in [4.69, 9.17) is 5.73 Å². The van der Waals surface area contributed by atoms with Gasteiger partial charge in [-0.2, -0.15) is 0 Å². The molecule has 0 atom stereocenters. The summed E-state index contributed by atoms with van der Waals surface area (Å²) in [6.07, 6.45) is 0. The van der Waals surface area contributed by atoms with Gasteiger partial charge in [0.1, 0.15) is 5.82 Å². The molecule has 0 aromatic carbocycles. The predicted molar refractivity (Wildman–Crippen MR) is 76.0 cm³/mol. The highest BCUT2D eigenvalue weighted by molar-refractivity contribution is 5.90. The molecule has 0 spiro atoms. The van der Waals surface area contributed by atoms with Gasteiger partial charge in [0.15, 0.2) is 5.69 Å². The Labute approximate surface area is 114 Å². The van der Waals surface area contributed by atoms with Crippen LogP contribution in [0.1, 0.15) is 38.2 Å². The molecule has 0 unspecified atom stereocenters. The summed E-state index contributed by atoms with van der Waals surface area (Å²) in [6, 6.07) is 4.29. The molecule has 106 valence electrons. The SMILES string of the molecule is CC(C)N(CCNc1ccc(C(N)=O)nn1)C(C)C. The third kappa shape index (κ3) is 4.82. The monoisotopic (exact) mass is 265 g/mol. The van der Waals surface area contributed by atoms with Gasteiger partial charge in [-0.15, -0.1) is 10.2 Å². The van der Waals surface area contributed by atoms with Crippen LogP contribution in [0.25, 0.3) is 0 Å². The first-order chi connectivity index (χ1) is 8.91. The summed E-state index contributed by atoms with van der Waals surface area (Å²) < 4.78 is 0. The highest BCUT2D eigenvalue weighted by Gasteiger charge is 2.12.